The van der Waals surface area contributed by atoms with Crippen LogP contribution < -0.4 is 5.32 Å². The molecule has 1 aromatic carbocycles. The molecular formula is C25H29ClN4O4. The third-order valence-corrected chi connectivity index (χ3v) is 6.75. The molecule has 0 bridgehead atoms. The summed E-state index contributed by atoms with van der Waals surface area (Å²) in [6, 6.07) is 7.26. The van der Waals surface area contributed by atoms with Gasteiger partial charge in [-0.2, -0.15) is 0 Å². The predicted octanol–water partition coefficient (Wildman–Crippen LogP) is 3.28. The molecule has 0 aliphatic carbocycles. The van der Waals surface area contributed by atoms with Crippen molar-refractivity contribution in [3.63, 3.8) is 0 Å². The molecule has 8 nitrogen and oxygen atoms in total. The highest BCUT2D eigenvalue weighted by molar-refractivity contribution is 6.31. The number of rotatable bonds is 8. The van der Waals surface area contributed by atoms with E-state index in [0.29, 0.717) is 47.3 Å². The Morgan fingerprint density at radius 3 is 2.68 bits per heavy atom. The third kappa shape index (κ3) is 4.52. The van der Waals surface area contributed by atoms with Gasteiger partial charge in [0.2, 0.25) is 5.91 Å². The summed E-state index contributed by atoms with van der Waals surface area (Å²) < 4.78 is 13.5. The average Bonchev–Trinajstić information content (AvgIpc) is 3.29. The van der Waals surface area contributed by atoms with Gasteiger partial charge in [-0.15, -0.1) is 0 Å². The zero-order valence-corrected chi connectivity index (χ0v) is 20.6. The normalized spacial score (nSPS) is 19.7. The van der Waals surface area contributed by atoms with Gasteiger partial charge >= 0.3 is 5.97 Å². The highest BCUT2D eigenvalue weighted by Crippen LogP contribution is 2.43. The molecule has 2 aliphatic heterocycles. The number of esters is 1. The third-order valence-electron chi connectivity index (χ3n) is 6.40. The monoisotopic (exact) mass is 484 g/mol. The van der Waals surface area contributed by atoms with Gasteiger partial charge in [0.1, 0.15) is 5.82 Å². The van der Waals surface area contributed by atoms with E-state index in [9.17, 15) is 9.59 Å². The Kier molecular flexibility index (Phi) is 7.19. The van der Waals surface area contributed by atoms with E-state index in [4.69, 9.17) is 26.1 Å². The van der Waals surface area contributed by atoms with Crippen molar-refractivity contribution in [1.29, 1.82) is 0 Å². The number of halogens is 1. The van der Waals surface area contributed by atoms with Crippen molar-refractivity contribution in [3.05, 3.63) is 63.3 Å². The smallest absolute Gasteiger partial charge is 0.336 e. The molecule has 180 valence electrons. The first-order valence-corrected chi connectivity index (χ1v) is 11.8. The van der Waals surface area contributed by atoms with Gasteiger partial charge in [0.15, 0.2) is 0 Å². The van der Waals surface area contributed by atoms with E-state index in [1.165, 1.54) is 0 Å². The number of nitrogens with zero attached hydrogens (tertiary/aromatic N) is 3. The number of hydrogen-bond acceptors (Lipinski definition) is 6. The molecule has 4 rings (SSSR count). The minimum atomic E-state index is -0.609. The number of aliphatic imine (C=N–C) groups is 1. The molecule has 0 spiro atoms. The minimum absolute atomic E-state index is 0.116. The number of carbonyl (C=O) groups is 2. The predicted molar refractivity (Wildman–Crippen MR) is 129 cm³/mol. The second-order valence-corrected chi connectivity index (χ2v) is 8.82. The van der Waals surface area contributed by atoms with Crippen LogP contribution in [0.4, 0.5) is 0 Å². The Morgan fingerprint density at radius 1 is 1.24 bits per heavy atom. The van der Waals surface area contributed by atoms with E-state index in [2.05, 4.69) is 14.9 Å². The van der Waals surface area contributed by atoms with Gasteiger partial charge in [0.25, 0.3) is 0 Å². The van der Waals surface area contributed by atoms with Crippen LogP contribution in [0.25, 0.3) is 0 Å². The van der Waals surface area contributed by atoms with E-state index >= 15 is 0 Å². The van der Waals surface area contributed by atoms with Crippen LogP contribution in [0.2, 0.25) is 5.02 Å². The minimum Gasteiger partial charge on any atom is -0.463 e. The largest absolute Gasteiger partial charge is 0.463 e. The summed E-state index contributed by atoms with van der Waals surface area (Å²) in [5, 5.41) is 3.34. The average molecular weight is 485 g/mol. The second-order valence-electron chi connectivity index (χ2n) is 8.41. The molecule has 0 saturated carbocycles. The quantitative estimate of drug-likeness (QED) is 0.458. The van der Waals surface area contributed by atoms with E-state index in [-0.39, 0.29) is 19.1 Å². The van der Waals surface area contributed by atoms with Crippen molar-refractivity contribution in [1.82, 2.24) is 14.9 Å². The van der Waals surface area contributed by atoms with Crippen LogP contribution in [-0.4, -0.2) is 53.5 Å². The Labute approximate surface area is 204 Å². The van der Waals surface area contributed by atoms with Crippen molar-refractivity contribution < 1.29 is 19.1 Å². The molecule has 0 radical (unpaired) electrons. The maximum Gasteiger partial charge on any atom is 0.336 e. The van der Waals surface area contributed by atoms with Crippen LogP contribution in [-0.2, 0) is 25.6 Å². The second kappa shape index (κ2) is 10.1. The number of imidazole rings is 1. The Bertz CT molecular complexity index is 1180. The van der Waals surface area contributed by atoms with E-state index in [1.807, 2.05) is 39.0 Å². The molecule has 1 N–H and O–H groups in total. The first-order chi connectivity index (χ1) is 16.3. The summed E-state index contributed by atoms with van der Waals surface area (Å²) in [5.41, 5.74) is 4.27. The van der Waals surface area contributed by atoms with Crippen molar-refractivity contribution in [2.75, 3.05) is 26.4 Å². The standard InChI is InChI=1S/C25H29ClN4O4/c1-5-34-25(32)23-20(13-33-11-10-30-15(3)14(2)28-16(30)4)29-19-12-27-24(31)22(19)21(23)17-8-6-7-9-18(17)26/h6-9,21-22H,5,10-13H2,1-4H3,(H,27,31). The van der Waals surface area contributed by atoms with Crippen LogP contribution in [0.15, 0.2) is 40.5 Å². The number of benzene rings is 1. The summed E-state index contributed by atoms with van der Waals surface area (Å²) in [6.45, 7) is 9.43. The lowest BCUT2D eigenvalue weighted by molar-refractivity contribution is -0.139. The molecule has 1 saturated heterocycles. The fourth-order valence-electron chi connectivity index (χ4n) is 4.68. The SMILES string of the molecule is CCOC(=O)C1=C(COCCn2c(C)nc(C)c2C)N=C2CNC(=O)C2C1c1ccccc1Cl. The Hall–Kier alpha value is -2.97. The first-order valence-electron chi connectivity index (χ1n) is 11.4. The molecule has 2 unspecified atom stereocenters. The maximum atomic E-state index is 13.2. The topological polar surface area (TPSA) is 94.8 Å². The summed E-state index contributed by atoms with van der Waals surface area (Å²) in [6.07, 6.45) is 0. The molecule has 2 aromatic rings. The van der Waals surface area contributed by atoms with Crippen molar-refractivity contribution in [3.8, 4) is 0 Å². The molecule has 1 amide bonds. The summed E-state index contributed by atoms with van der Waals surface area (Å²) >= 11 is 6.53. The van der Waals surface area contributed by atoms with Gasteiger partial charge in [-0.1, -0.05) is 29.8 Å². The number of ether oxygens (including phenoxy) is 2. The highest BCUT2D eigenvalue weighted by atomic mass is 35.5. The zero-order valence-electron chi connectivity index (χ0n) is 19.9. The van der Waals surface area contributed by atoms with Crippen molar-refractivity contribution in [2.24, 2.45) is 10.9 Å². The number of hydrogen-bond donors (Lipinski definition) is 1. The number of aryl methyl sites for hydroxylation is 2. The van der Waals surface area contributed by atoms with Gasteiger partial charge in [0, 0.05) is 23.2 Å². The number of fused-ring (bicyclic) bond motifs is 1. The summed E-state index contributed by atoms with van der Waals surface area (Å²) in [5.74, 6) is -0.957. The molecule has 1 aromatic heterocycles. The number of carbonyl (C=O) groups excluding carboxylic acids is 2. The number of nitrogens with one attached hydrogen (secondary N) is 1. The fraction of sp³-hybridized carbons (Fsp3) is 0.440. The lowest BCUT2D eigenvalue weighted by Gasteiger charge is -2.30. The number of aromatic nitrogens is 2. The van der Waals surface area contributed by atoms with Gasteiger partial charge in [-0.3, -0.25) is 9.79 Å². The lowest BCUT2D eigenvalue weighted by atomic mass is 9.76. The molecule has 9 heteroatoms. The van der Waals surface area contributed by atoms with Gasteiger partial charge < -0.3 is 19.4 Å². The van der Waals surface area contributed by atoms with E-state index in [1.54, 1.807) is 13.0 Å². The molecule has 2 aliphatic rings. The summed E-state index contributed by atoms with van der Waals surface area (Å²) in [4.78, 5) is 35.1. The van der Waals surface area contributed by atoms with E-state index < -0.39 is 17.8 Å². The highest BCUT2D eigenvalue weighted by Gasteiger charge is 2.46. The Morgan fingerprint density at radius 2 is 2.00 bits per heavy atom. The van der Waals surface area contributed by atoms with Crippen LogP contribution >= 0.6 is 11.6 Å². The number of amides is 1. The van der Waals surface area contributed by atoms with Gasteiger partial charge in [0.05, 0.1) is 55.0 Å². The van der Waals surface area contributed by atoms with Crippen molar-refractivity contribution in [2.45, 2.75) is 40.2 Å². The molecule has 3 heterocycles. The van der Waals surface area contributed by atoms with Crippen LogP contribution in [0.3, 0.4) is 0 Å². The van der Waals surface area contributed by atoms with Crippen LogP contribution in [0.5, 0.6) is 0 Å². The van der Waals surface area contributed by atoms with Gasteiger partial charge in [-0.05, 0) is 39.3 Å². The molecule has 1 fully saturated rings. The van der Waals surface area contributed by atoms with Crippen molar-refractivity contribution >= 4 is 29.2 Å². The van der Waals surface area contributed by atoms with Crippen LogP contribution in [0.1, 0.15) is 35.6 Å². The fourth-order valence-corrected chi connectivity index (χ4v) is 4.94. The molecular weight excluding hydrogens is 456 g/mol. The molecule has 2 atom stereocenters. The Balaban J connectivity index is 1.66. The summed E-state index contributed by atoms with van der Waals surface area (Å²) in [7, 11) is 0. The lowest BCUT2D eigenvalue weighted by Crippen LogP contribution is -2.34. The maximum absolute atomic E-state index is 13.2. The molecule has 34 heavy (non-hydrogen) atoms. The zero-order chi connectivity index (χ0) is 24.4. The van der Waals surface area contributed by atoms with Crippen LogP contribution in [0, 0.1) is 26.7 Å². The van der Waals surface area contributed by atoms with E-state index in [0.717, 1.165) is 17.2 Å². The van der Waals surface area contributed by atoms with Gasteiger partial charge in [-0.25, -0.2) is 9.78 Å². The first kappa shape index (κ1) is 24.2.